The van der Waals surface area contributed by atoms with Crippen LogP contribution in [0.25, 0.3) is 0 Å². The van der Waals surface area contributed by atoms with Gasteiger partial charge < -0.3 is 14.2 Å². The Bertz CT molecular complexity index is 651. The molecule has 3 fully saturated rings. The summed E-state index contributed by atoms with van der Waals surface area (Å²) in [7, 11) is 0. The molecule has 2 aliphatic carbocycles. The van der Waals surface area contributed by atoms with E-state index in [1.54, 1.807) is 0 Å². The first-order valence-corrected chi connectivity index (χ1v) is 10.9. The minimum Gasteiger partial charge on any atom is -0.478 e. The first kappa shape index (κ1) is 21.0. The molecule has 0 bridgehead atoms. The molecule has 6 atom stereocenters. The van der Waals surface area contributed by atoms with Crippen LogP contribution in [0.4, 0.5) is 0 Å². The molecule has 150 valence electrons. The number of rotatable bonds is 5. The second-order valence-electron chi connectivity index (χ2n) is 9.50. The number of thioether (sulfide) groups is 1. The molecule has 3 aliphatic rings. The lowest BCUT2D eigenvalue weighted by molar-refractivity contribution is -0.179. The number of Topliss-reactive ketones (excluding diaryl/α,β-unsaturated/α-hetero) is 1. The van der Waals surface area contributed by atoms with Crippen LogP contribution in [0.15, 0.2) is 0 Å². The number of ketones is 1. The van der Waals surface area contributed by atoms with Gasteiger partial charge in [-0.3, -0.25) is 4.79 Å². The fourth-order valence-electron chi connectivity index (χ4n) is 4.45. The van der Waals surface area contributed by atoms with Crippen molar-refractivity contribution in [1.82, 2.24) is 0 Å². The molecule has 0 spiro atoms. The van der Waals surface area contributed by atoms with E-state index in [0.717, 1.165) is 6.42 Å². The lowest BCUT2D eigenvalue weighted by Crippen LogP contribution is -2.50. The van der Waals surface area contributed by atoms with Crippen LogP contribution in [0.1, 0.15) is 53.9 Å². The molecule has 27 heavy (non-hydrogen) atoms. The van der Waals surface area contributed by atoms with Crippen LogP contribution in [-0.4, -0.2) is 40.0 Å². The molecule has 0 aromatic rings. The standard InChI is InChI=1S/C20H29NO4S2/c1-19(2,3)10-23-18(26)27-11(6-7-21)8-12-15-13(16(12)22)9-14-17(15)25-20(4,5)24-14/h11-15,17H,6,8-10H2,1-5H3/t11?,12?,13-,14?,15-,17?/m1/s1. The van der Waals surface area contributed by atoms with Gasteiger partial charge in [-0.15, -0.1) is 0 Å². The Morgan fingerprint density at radius 3 is 2.78 bits per heavy atom. The number of nitriles is 1. The largest absolute Gasteiger partial charge is 0.478 e. The smallest absolute Gasteiger partial charge is 0.220 e. The minimum atomic E-state index is -0.577. The van der Waals surface area contributed by atoms with E-state index in [1.165, 1.54) is 11.8 Å². The molecule has 0 radical (unpaired) electrons. The summed E-state index contributed by atoms with van der Waals surface area (Å²) >= 11 is 6.76. The molecule has 1 aliphatic heterocycles. The predicted molar refractivity (Wildman–Crippen MR) is 108 cm³/mol. The van der Waals surface area contributed by atoms with E-state index in [2.05, 4.69) is 26.8 Å². The minimum absolute atomic E-state index is 0.00970. The number of carbonyl (C=O) groups is 1. The Balaban J connectivity index is 1.59. The highest BCUT2D eigenvalue weighted by Gasteiger charge is 2.64. The molecule has 0 N–H and O–H groups in total. The molecule has 0 aromatic carbocycles. The highest BCUT2D eigenvalue weighted by Crippen LogP contribution is 2.56. The monoisotopic (exact) mass is 411 g/mol. The van der Waals surface area contributed by atoms with Crippen molar-refractivity contribution in [2.45, 2.75) is 77.1 Å². The van der Waals surface area contributed by atoms with Gasteiger partial charge in [0.15, 0.2) is 5.79 Å². The fourth-order valence-corrected chi connectivity index (χ4v) is 5.77. The maximum absolute atomic E-state index is 12.7. The van der Waals surface area contributed by atoms with Crippen molar-refractivity contribution in [1.29, 1.82) is 5.26 Å². The van der Waals surface area contributed by atoms with Gasteiger partial charge in [-0.2, -0.15) is 5.26 Å². The summed E-state index contributed by atoms with van der Waals surface area (Å²) in [5, 5.41) is 9.17. The summed E-state index contributed by atoms with van der Waals surface area (Å²) < 4.78 is 18.2. The van der Waals surface area contributed by atoms with Gasteiger partial charge in [-0.25, -0.2) is 0 Å². The number of carbonyl (C=O) groups excluding carboxylic acids is 1. The topological polar surface area (TPSA) is 68.5 Å². The highest BCUT2D eigenvalue weighted by atomic mass is 32.2. The zero-order valence-corrected chi connectivity index (χ0v) is 18.3. The van der Waals surface area contributed by atoms with Crippen LogP contribution in [0.3, 0.4) is 0 Å². The second-order valence-corrected chi connectivity index (χ2v) is 11.4. The van der Waals surface area contributed by atoms with Gasteiger partial charge in [0.25, 0.3) is 0 Å². The van der Waals surface area contributed by atoms with E-state index in [1.807, 2.05) is 13.8 Å². The molecule has 0 amide bonds. The van der Waals surface area contributed by atoms with Crippen LogP contribution in [0, 0.1) is 34.5 Å². The molecule has 1 saturated heterocycles. The molecule has 4 unspecified atom stereocenters. The Morgan fingerprint density at radius 1 is 1.44 bits per heavy atom. The quantitative estimate of drug-likeness (QED) is 0.631. The first-order valence-electron chi connectivity index (χ1n) is 9.60. The Kier molecular flexibility index (Phi) is 5.94. The van der Waals surface area contributed by atoms with Gasteiger partial charge in [0.2, 0.25) is 4.38 Å². The molecule has 2 saturated carbocycles. The molecular weight excluding hydrogens is 382 g/mol. The number of fused-ring (bicyclic) bond motifs is 3. The van der Waals surface area contributed by atoms with Crippen molar-refractivity contribution in [3.05, 3.63) is 0 Å². The highest BCUT2D eigenvalue weighted by molar-refractivity contribution is 8.23. The summed E-state index contributed by atoms with van der Waals surface area (Å²) in [4.78, 5) is 12.7. The van der Waals surface area contributed by atoms with E-state index in [4.69, 9.17) is 26.4 Å². The molecule has 7 heteroatoms. The van der Waals surface area contributed by atoms with Crippen LogP contribution in [0.5, 0.6) is 0 Å². The number of nitrogens with zero attached hydrogens (tertiary/aromatic N) is 1. The first-order chi connectivity index (χ1) is 12.5. The number of thiocarbonyl (C=S) groups is 1. The number of hydrogen-bond acceptors (Lipinski definition) is 7. The van der Waals surface area contributed by atoms with E-state index >= 15 is 0 Å². The summed E-state index contributed by atoms with van der Waals surface area (Å²) in [6.45, 7) is 10.6. The molecule has 0 aromatic heterocycles. The lowest BCUT2D eigenvalue weighted by Gasteiger charge is -2.42. The van der Waals surface area contributed by atoms with Gasteiger partial charge >= 0.3 is 0 Å². The van der Waals surface area contributed by atoms with Gasteiger partial charge in [0, 0.05) is 29.4 Å². The van der Waals surface area contributed by atoms with Crippen molar-refractivity contribution in [3.8, 4) is 6.07 Å². The van der Waals surface area contributed by atoms with E-state index < -0.39 is 5.79 Å². The Morgan fingerprint density at radius 2 is 2.15 bits per heavy atom. The summed E-state index contributed by atoms with van der Waals surface area (Å²) in [6.07, 6.45) is 1.76. The van der Waals surface area contributed by atoms with Crippen molar-refractivity contribution in [2.24, 2.45) is 23.2 Å². The third kappa shape index (κ3) is 4.67. The van der Waals surface area contributed by atoms with Crippen molar-refractivity contribution < 1.29 is 19.0 Å². The van der Waals surface area contributed by atoms with Crippen LogP contribution < -0.4 is 0 Å². The van der Waals surface area contributed by atoms with E-state index in [0.29, 0.717) is 29.6 Å². The van der Waals surface area contributed by atoms with Gasteiger partial charge in [0.1, 0.15) is 5.78 Å². The van der Waals surface area contributed by atoms with Gasteiger partial charge in [-0.05, 0) is 44.3 Å². The van der Waals surface area contributed by atoms with Crippen molar-refractivity contribution in [2.75, 3.05) is 6.61 Å². The van der Waals surface area contributed by atoms with E-state index in [9.17, 15) is 10.1 Å². The van der Waals surface area contributed by atoms with Crippen molar-refractivity contribution in [3.63, 3.8) is 0 Å². The normalized spacial score (nSPS) is 35.0. The van der Waals surface area contributed by atoms with Gasteiger partial charge in [-0.1, -0.05) is 32.5 Å². The van der Waals surface area contributed by atoms with Crippen LogP contribution in [-0.2, 0) is 19.0 Å². The number of hydrogen-bond donors (Lipinski definition) is 0. The third-order valence-electron chi connectivity index (χ3n) is 5.47. The average molecular weight is 412 g/mol. The molecule has 5 nitrogen and oxygen atoms in total. The fraction of sp³-hybridized carbons (Fsp3) is 0.850. The third-order valence-corrected chi connectivity index (χ3v) is 6.88. The molecular formula is C20H29NO4S2. The Hall–Kier alpha value is -0.680. The van der Waals surface area contributed by atoms with E-state index in [-0.39, 0.29) is 40.6 Å². The average Bonchev–Trinajstić information content (AvgIpc) is 2.99. The zero-order chi connectivity index (χ0) is 20.0. The maximum atomic E-state index is 12.7. The molecule has 3 rings (SSSR count). The summed E-state index contributed by atoms with van der Waals surface area (Å²) in [5.41, 5.74) is 0.0258. The van der Waals surface area contributed by atoms with Crippen LogP contribution >= 0.6 is 24.0 Å². The summed E-state index contributed by atoms with van der Waals surface area (Å²) in [5.74, 6) is -0.0940. The number of ether oxygens (including phenoxy) is 3. The summed E-state index contributed by atoms with van der Waals surface area (Å²) in [6, 6.07) is 2.23. The second kappa shape index (κ2) is 7.62. The van der Waals surface area contributed by atoms with Gasteiger partial charge in [0.05, 0.1) is 24.9 Å². The Labute approximate surface area is 171 Å². The molecule has 1 heterocycles. The zero-order valence-electron chi connectivity index (χ0n) is 16.7. The van der Waals surface area contributed by atoms with Crippen molar-refractivity contribution >= 4 is 34.1 Å². The lowest BCUT2D eigenvalue weighted by atomic mass is 9.63. The predicted octanol–water partition coefficient (Wildman–Crippen LogP) is 4.09. The maximum Gasteiger partial charge on any atom is 0.220 e. The SMILES string of the molecule is CC(C)(C)COC(=S)SC(CC#N)CC1C(=O)[C@@H]2CC3OC(C)(C)OC3[C@H]12. The van der Waals surface area contributed by atoms with Crippen LogP contribution in [0.2, 0.25) is 0 Å².